The van der Waals surface area contributed by atoms with E-state index in [0.29, 0.717) is 0 Å². The highest BCUT2D eigenvalue weighted by molar-refractivity contribution is 7.92. The van der Waals surface area contributed by atoms with Gasteiger partial charge >= 0.3 is 0 Å². The maximum atomic E-state index is 11.2. The Kier molecular flexibility index (Phi) is 2.50. The molecule has 0 saturated heterocycles. The number of anilines is 1. The van der Waals surface area contributed by atoms with E-state index in [1.807, 2.05) is 17.8 Å². The van der Waals surface area contributed by atoms with Gasteiger partial charge in [-0.1, -0.05) is 0 Å². The second-order valence-electron chi connectivity index (χ2n) is 4.16. The van der Waals surface area contributed by atoms with E-state index in [-0.39, 0.29) is 0 Å². The molecule has 1 N–H and O–H groups in total. The zero-order valence-electron chi connectivity index (χ0n) is 9.08. The van der Waals surface area contributed by atoms with Crippen molar-refractivity contribution in [2.75, 3.05) is 11.0 Å². The van der Waals surface area contributed by atoms with Crippen LogP contribution in [-0.4, -0.2) is 19.2 Å². The smallest absolute Gasteiger partial charge is 0.229 e. The van der Waals surface area contributed by atoms with Gasteiger partial charge in [-0.2, -0.15) is 0 Å². The molecule has 1 aromatic heterocycles. The van der Waals surface area contributed by atoms with Crippen LogP contribution in [0.3, 0.4) is 0 Å². The molecule has 0 atom stereocenters. The minimum atomic E-state index is -3.16. The molecule has 0 bridgehead atoms. The number of hydrogen-bond donors (Lipinski definition) is 1. The molecule has 0 fully saturated rings. The number of hydrogen-bond acceptors (Lipinski definition) is 2. The van der Waals surface area contributed by atoms with Gasteiger partial charge in [0.15, 0.2) is 0 Å². The van der Waals surface area contributed by atoms with E-state index in [4.69, 9.17) is 0 Å². The van der Waals surface area contributed by atoms with Gasteiger partial charge in [-0.3, -0.25) is 4.72 Å². The SMILES string of the molecule is Cn1cc(NS(C)(=O)=O)c2c1CCCC2. The van der Waals surface area contributed by atoms with Crippen LogP contribution in [0.1, 0.15) is 24.1 Å². The highest BCUT2D eigenvalue weighted by Gasteiger charge is 2.18. The largest absolute Gasteiger partial charge is 0.352 e. The average Bonchev–Trinajstić information content (AvgIpc) is 2.42. The lowest BCUT2D eigenvalue weighted by molar-refractivity contribution is 0.606. The van der Waals surface area contributed by atoms with Crippen LogP contribution in [0.15, 0.2) is 6.20 Å². The first-order chi connectivity index (χ1) is 6.97. The average molecular weight is 228 g/mol. The van der Waals surface area contributed by atoms with Gasteiger partial charge in [-0.05, 0) is 31.2 Å². The van der Waals surface area contributed by atoms with Crippen LogP contribution in [0.25, 0.3) is 0 Å². The topological polar surface area (TPSA) is 51.1 Å². The summed E-state index contributed by atoms with van der Waals surface area (Å²) in [5.41, 5.74) is 3.20. The third kappa shape index (κ3) is 2.17. The van der Waals surface area contributed by atoms with Crippen LogP contribution >= 0.6 is 0 Å². The van der Waals surface area contributed by atoms with E-state index >= 15 is 0 Å². The van der Waals surface area contributed by atoms with E-state index < -0.39 is 10.0 Å². The van der Waals surface area contributed by atoms with Gasteiger partial charge in [-0.15, -0.1) is 0 Å². The zero-order valence-corrected chi connectivity index (χ0v) is 9.89. The van der Waals surface area contributed by atoms with Crippen molar-refractivity contribution in [3.63, 3.8) is 0 Å². The molecule has 0 radical (unpaired) electrons. The van der Waals surface area contributed by atoms with Gasteiger partial charge in [0.1, 0.15) is 0 Å². The van der Waals surface area contributed by atoms with Crippen molar-refractivity contribution in [2.24, 2.45) is 7.05 Å². The van der Waals surface area contributed by atoms with Gasteiger partial charge in [0.05, 0.1) is 11.9 Å². The first-order valence-corrected chi connectivity index (χ1v) is 7.01. The summed E-state index contributed by atoms with van der Waals surface area (Å²) in [6.45, 7) is 0. The summed E-state index contributed by atoms with van der Waals surface area (Å²) in [6.07, 6.45) is 7.44. The van der Waals surface area contributed by atoms with Crippen LogP contribution in [0.2, 0.25) is 0 Å². The van der Waals surface area contributed by atoms with E-state index in [1.165, 1.54) is 23.9 Å². The van der Waals surface area contributed by atoms with Crippen LogP contribution in [0.5, 0.6) is 0 Å². The Morgan fingerprint density at radius 2 is 2.00 bits per heavy atom. The molecule has 0 aromatic carbocycles. The van der Waals surface area contributed by atoms with Crippen LogP contribution < -0.4 is 4.72 Å². The van der Waals surface area contributed by atoms with Gasteiger partial charge in [0, 0.05) is 18.9 Å². The summed E-state index contributed by atoms with van der Waals surface area (Å²) in [4.78, 5) is 0. The predicted molar refractivity (Wildman–Crippen MR) is 60.5 cm³/mol. The number of fused-ring (bicyclic) bond motifs is 1. The fraction of sp³-hybridized carbons (Fsp3) is 0.600. The van der Waals surface area contributed by atoms with Crippen molar-refractivity contribution >= 4 is 15.7 Å². The maximum Gasteiger partial charge on any atom is 0.229 e. The second-order valence-corrected chi connectivity index (χ2v) is 5.91. The van der Waals surface area contributed by atoms with E-state index in [1.54, 1.807) is 0 Å². The normalized spacial score (nSPS) is 16.1. The lowest BCUT2D eigenvalue weighted by Gasteiger charge is -2.14. The molecule has 1 aliphatic carbocycles. The summed E-state index contributed by atoms with van der Waals surface area (Å²) in [5.74, 6) is 0. The van der Waals surface area contributed by atoms with Crippen molar-refractivity contribution in [3.05, 3.63) is 17.5 Å². The Morgan fingerprint density at radius 3 is 2.67 bits per heavy atom. The molecule has 0 aliphatic heterocycles. The van der Waals surface area contributed by atoms with Gasteiger partial charge in [0.25, 0.3) is 0 Å². The predicted octanol–water partition coefficient (Wildman–Crippen LogP) is 1.28. The highest BCUT2D eigenvalue weighted by Crippen LogP contribution is 2.29. The Bertz CT molecular complexity index is 474. The van der Waals surface area contributed by atoms with Crippen molar-refractivity contribution < 1.29 is 8.42 Å². The Hall–Kier alpha value is -0.970. The maximum absolute atomic E-state index is 11.2. The number of rotatable bonds is 2. The standard InChI is InChI=1S/C10H16N2O2S/c1-12-7-9(11-15(2,13)14)8-5-3-4-6-10(8)12/h7,11H,3-6H2,1-2H3. The first-order valence-electron chi connectivity index (χ1n) is 5.12. The Balaban J connectivity index is 2.40. The molecule has 0 amide bonds. The molecule has 1 aromatic rings. The molecule has 0 saturated carbocycles. The van der Waals surface area contributed by atoms with Crippen molar-refractivity contribution in [1.82, 2.24) is 4.57 Å². The van der Waals surface area contributed by atoms with Crippen LogP contribution in [-0.2, 0) is 29.9 Å². The fourth-order valence-corrected chi connectivity index (χ4v) is 2.78. The van der Waals surface area contributed by atoms with E-state index in [2.05, 4.69) is 4.72 Å². The van der Waals surface area contributed by atoms with Crippen LogP contribution in [0, 0.1) is 0 Å². The van der Waals surface area contributed by atoms with Crippen molar-refractivity contribution in [3.8, 4) is 0 Å². The molecule has 4 nitrogen and oxygen atoms in total. The summed E-state index contributed by atoms with van der Waals surface area (Å²) in [6, 6.07) is 0. The number of aromatic nitrogens is 1. The third-order valence-electron chi connectivity index (χ3n) is 2.81. The summed E-state index contributed by atoms with van der Waals surface area (Å²) < 4.78 is 27.0. The van der Waals surface area contributed by atoms with Crippen molar-refractivity contribution in [2.45, 2.75) is 25.7 Å². The van der Waals surface area contributed by atoms with E-state index in [0.717, 1.165) is 24.9 Å². The van der Waals surface area contributed by atoms with Crippen molar-refractivity contribution in [1.29, 1.82) is 0 Å². The third-order valence-corrected chi connectivity index (χ3v) is 3.40. The second kappa shape index (κ2) is 3.56. The molecule has 84 valence electrons. The Labute approximate surface area is 90.3 Å². The lowest BCUT2D eigenvalue weighted by atomic mass is 9.97. The zero-order chi connectivity index (χ0) is 11.1. The molecule has 1 aliphatic rings. The minimum Gasteiger partial charge on any atom is -0.352 e. The highest BCUT2D eigenvalue weighted by atomic mass is 32.2. The quantitative estimate of drug-likeness (QED) is 0.829. The van der Waals surface area contributed by atoms with E-state index in [9.17, 15) is 8.42 Å². The molecular weight excluding hydrogens is 212 g/mol. The van der Waals surface area contributed by atoms with Gasteiger partial charge < -0.3 is 4.57 Å². The van der Waals surface area contributed by atoms with Gasteiger partial charge in [0.2, 0.25) is 10.0 Å². The molecule has 1 heterocycles. The number of sulfonamides is 1. The fourth-order valence-electron chi connectivity index (χ4n) is 2.21. The number of aryl methyl sites for hydroxylation is 1. The summed E-state index contributed by atoms with van der Waals surface area (Å²) in [5, 5.41) is 0. The van der Waals surface area contributed by atoms with Gasteiger partial charge in [-0.25, -0.2) is 8.42 Å². The molecule has 5 heteroatoms. The molecule has 0 spiro atoms. The first kappa shape index (κ1) is 10.5. The number of nitrogens with one attached hydrogen (secondary N) is 1. The number of nitrogens with zero attached hydrogens (tertiary/aromatic N) is 1. The molecule has 15 heavy (non-hydrogen) atoms. The monoisotopic (exact) mass is 228 g/mol. The minimum absolute atomic E-state index is 0.759. The summed E-state index contributed by atoms with van der Waals surface area (Å²) in [7, 11) is -1.19. The lowest BCUT2D eigenvalue weighted by Crippen LogP contribution is -2.11. The Morgan fingerprint density at radius 1 is 1.33 bits per heavy atom. The van der Waals surface area contributed by atoms with Crippen LogP contribution in [0.4, 0.5) is 5.69 Å². The molecule has 2 rings (SSSR count). The molecular formula is C10H16N2O2S. The summed E-state index contributed by atoms with van der Waals surface area (Å²) >= 11 is 0. The molecule has 0 unspecified atom stereocenters.